The molecule has 0 saturated carbocycles. The van der Waals surface area contributed by atoms with Gasteiger partial charge >= 0.3 is 0 Å². The van der Waals surface area contributed by atoms with Crippen LogP contribution in [0.1, 0.15) is 15.9 Å². The Morgan fingerprint density at radius 2 is 1.56 bits per heavy atom. The zero-order chi connectivity index (χ0) is 23.1. The first-order chi connectivity index (χ1) is 15.4. The number of nitrogens with one attached hydrogen (secondary N) is 2. The molecule has 166 valence electrons. The summed E-state index contributed by atoms with van der Waals surface area (Å²) in [5.74, 6) is 0.744. The summed E-state index contributed by atoms with van der Waals surface area (Å²) in [5, 5.41) is 6.04. The van der Waals surface area contributed by atoms with E-state index in [1.807, 2.05) is 31.2 Å². The van der Waals surface area contributed by atoms with Gasteiger partial charge in [0.2, 0.25) is 5.91 Å². The molecule has 6 nitrogen and oxygen atoms in total. The molecule has 2 amide bonds. The van der Waals surface area contributed by atoms with Crippen LogP contribution in [0.3, 0.4) is 0 Å². The second-order valence-corrected chi connectivity index (χ2v) is 8.32. The predicted octanol–water partition coefficient (Wildman–Crippen LogP) is 5.65. The molecule has 0 atom stereocenters. The Labute approximate surface area is 196 Å². The van der Waals surface area contributed by atoms with Gasteiger partial charge in [0.1, 0.15) is 11.5 Å². The largest absolute Gasteiger partial charge is 0.495 e. The second-order valence-electron chi connectivity index (χ2n) is 6.87. The minimum Gasteiger partial charge on any atom is -0.495 e. The quantitative estimate of drug-likeness (QED) is 0.416. The first-order valence-corrected chi connectivity index (χ1v) is 11.1. The standard InChI is InChI=1S/C24H23ClN2O4S/c1-15-4-6-16(7-5-15)24(29)26-17-8-10-18(11-9-17)32-14-23(28)27-20-12-19(25)21(30-2)13-22(20)31-3/h4-13H,14H2,1-3H3,(H,26,29)(H,27,28). The van der Waals surface area contributed by atoms with Gasteiger partial charge in [0.15, 0.2) is 0 Å². The van der Waals surface area contributed by atoms with E-state index in [-0.39, 0.29) is 17.6 Å². The average molecular weight is 471 g/mol. The lowest BCUT2D eigenvalue weighted by Gasteiger charge is -2.13. The zero-order valence-corrected chi connectivity index (χ0v) is 19.5. The van der Waals surface area contributed by atoms with Crippen LogP contribution in [0.25, 0.3) is 0 Å². The molecule has 0 aliphatic carbocycles. The molecule has 0 bridgehead atoms. The molecular weight excluding hydrogens is 448 g/mol. The number of benzene rings is 3. The molecule has 0 aliphatic heterocycles. The van der Waals surface area contributed by atoms with Gasteiger partial charge in [0.05, 0.1) is 30.7 Å². The van der Waals surface area contributed by atoms with E-state index in [0.29, 0.717) is 33.5 Å². The molecule has 0 heterocycles. The zero-order valence-electron chi connectivity index (χ0n) is 17.9. The number of hydrogen-bond acceptors (Lipinski definition) is 5. The minimum atomic E-state index is -0.203. The highest BCUT2D eigenvalue weighted by Crippen LogP contribution is 2.36. The molecule has 2 N–H and O–H groups in total. The predicted molar refractivity (Wildman–Crippen MR) is 129 cm³/mol. The van der Waals surface area contributed by atoms with Gasteiger partial charge in [-0.3, -0.25) is 9.59 Å². The van der Waals surface area contributed by atoms with Gasteiger partial charge in [0.25, 0.3) is 5.91 Å². The number of aryl methyl sites for hydroxylation is 1. The van der Waals surface area contributed by atoms with Crippen molar-refractivity contribution in [2.75, 3.05) is 30.6 Å². The maximum Gasteiger partial charge on any atom is 0.255 e. The summed E-state index contributed by atoms with van der Waals surface area (Å²) in [5.41, 5.74) is 2.85. The third-order valence-corrected chi connectivity index (χ3v) is 5.85. The number of amides is 2. The number of anilines is 2. The molecule has 0 unspecified atom stereocenters. The highest BCUT2D eigenvalue weighted by Gasteiger charge is 2.13. The van der Waals surface area contributed by atoms with Crippen LogP contribution in [0.5, 0.6) is 11.5 Å². The Bertz CT molecular complexity index is 1100. The summed E-state index contributed by atoms with van der Waals surface area (Å²) >= 11 is 7.52. The van der Waals surface area contributed by atoms with Crippen molar-refractivity contribution in [3.63, 3.8) is 0 Å². The fraction of sp³-hybridized carbons (Fsp3) is 0.167. The van der Waals surface area contributed by atoms with E-state index in [2.05, 4.69) is 10.6 Å². The molecule has 0 saturated heterocycles. The van der Waals surface area contributed by atoms with Crippen LogP contribution in [0.4, 0.5) is 11.4 Å². The van der Waals surface area contributed by atoms with E-state index in [4.69, 9.17) is 21.1 Å². The SMILES string of the molecule is COc1cc(OC)c(NC(=O)CSc2ccc(NC(=O)c3ccc(C)cc3)cc2)cc1Cl. The van der Waals surface area contributed by atoms with E-state index >= 15 is 0 Å². The molecule has 0 radical (unpaired) electrons. The van der Waals surface area contributed by atoms with Crippen molar-refractivity contribution in [1.29, 1.82) is 0 Å². The van der Waals surface area contributed by atoms with Gasteiger partial charge in [-0.05, 0) is 49.4 Å². The van der Waals surface area contributed by atoms with E-state index in [0.717, 1.165) is 10.5 Å². The highest BCUT2D eigenvalue weighted by atomic mass is 35.5. The van der Waals surface area contributed by atoms with Crippen LogP contribution in [0.15, 0.2) is 65.6 Å². The van der Waals surface area contributed by atoms with Crippen LogP contribution in [-0.2, 0) is 4.79 Å². The van der Waals surface area contributed by atoms with Crippen molar-refractivity contribution >= 4 is 46.6 Å². The fourth-order valence-electron chi connectivity index (χ4n) is 2.84. The van der Waals surface area contributed by atoms with Crippen molar-refractivity contribution in [3.8, 4) is 11.5 Å². The molecule has 0 spiro atoms. The van der Waals surface area contributed by atoms with Crippen LogP contribution in [0.2, 0.25) is 5.02 Å². The first kappa shape index (κ1) is 23.5. The summed E-state index contributed by atoms with van der Waals surface area (Å²) in [6.45, 7) is 1.97. The summed E-state index contributed by atoms with van der Waals surface area (Å²) < 4.78 is 10.5. The first-order valence-electron chi connectivity index (χ1n) is 9.72. The average Bonchev–Trinajstić information content (AvgIpc) is 2.79. The van der Waals surface area contributed by atoms with Gasteiger partial charge < -0.3 is 20.1 Å². The lowest BCUT2D eigenvalue weighted by Crippen LogP contribution is -2.15. The van der Waals surface area contributed by atoms with Crippen LogP contribution < -0.4 is 20.1 Å². The second kappa shape index (κ2) is 10.9. The van der Waals surface area contributed by atoms with Crippen molar-refractivity contribution in [3.05, 3.63) is 76.8 Å². The Morgan fingerprint density at radius 1 is 0.906 bits per heavy atom. The molecule has 0 fully saturated rings. The topological polar surface area (TPSA) is 76.7 Å². The van der Waals surface area contributed by atoms with E-state index in [1.54, 1.807) is 36.4 Å². The van der Waals surface area contributed by atoms with Gasteiger partial charge in [-0.25, -0.2) is 0 Å². The molecule has 3 aromatic rings. The lowest BCUT2D eigenvalue weighted by molar-refractivity contribution is -0.113. The normalized spacial score (nSPS) is 10.4. The number of methoxy groups -OCH3 is 2. The number of thioether (sulfide) groups is 1. The number of hydrogen-bond donors (Lipinski definition) is 2. The summed E-state index contributed by atoms with van der Waals surface area (Å²) in [7, 11) is 3.01. The number of halogens is 1. The third-order valence-electron chi connectivity index (χ3n) is 4.54. The van der Waals surface area contributed by atoms with Gasteiger partial charge in [0, 0.05) is 22.2 Å². The van der Waals surface area contributed by atoms with Crippen molar-refractivity contribution in [2.45, 2.75) is 11.8 Å². The van der Waals surface area contributed by atoms with E-state index in [9.17, 15) is 9.59 Å². The van der Waals surface area contributed by atoms with E-state index in [1.165, 1.54) is 26.0 Å². The van der Waals surface area contributed by atoms with Gasteiger partial charge in [-0.1, -0.05) is 29.3 Å². The van der Waals surface area contributed by atoms with Crippen molar-refractivity contribution < 1.29 is 19.1 Å². The Kier molecular flexibility index (Phi) is 8.03. The molecular formula is C24H23ClN2O4S. The molecule has 32 heavy (non-hydrogen) atoms. The molecule has 3 rings (SSSR count). The van der Waals surface area contributed by atoms with Crippen LogP contribution >= 0.6 is 23.4 Å². The molecule has 0 aliphatic rings. The van der Waals surface area contributed by atoms with Crippen molar-refractivity contribution in [2.24, 2.45) is 0 Å². The molecule has 3 aromatic carbocycles. The number of ether oxygens (including phenoxy) is 2. The Hall–Kier alpha value is -3.16. The Morgan fingerprint density at radius 3 is 2.19 bits per heavy atom. The number of carbonyl (C=O) groups is 2. The number of carbonyl (C=O) groups excluding carboxylic acids is 2. The molecule has 8 heteroatoms. The Balaban J connectivity index is 1.55. The minimum absolute atomic E-state index is 0.170. The molecule has 0 aromatic heterocycles. The summed E-state index contributed by atoms with van der Waals surface area (Å²) in [4.78, 5) is 25.6. The smallest absolute Gasteiger partial charge is 0.255 e. The lowest BCUT2D eigenvalue weighted by atomic mass is 10.1. The summed E-state index contributed by atoms with van der Waals surface area (Å²) in [6, 6.07) is 17.9. The van der Waals surface area contributed by atoms with E-state index < -0.39 is 0 Å². The maximum atomic E-state index is 12.4. The van der Waals surface area contributed by atoms with Crippen LogP contribution in [-0.4, -0.2) is 31.8 Å². The third kappa shape index (κ3) is 6.18. The monoisotopic (exact) mass is 470 g/mol. The fourth-order valence-corrected chi connectivity index (χ4v) is 3.77. The number of rotatable bonds is 8. The van der Waals surface area contributed by atoms with Gasteiger partial charge in [-0.15, -0.1) is 11.8 Å². The van der Waals surface area contributed by atoms with Crippen LogP contribution in [0, 0.1) is 6.92 Å². The summed E-state index contributed by atoms with van der Waals surface area (Å²) in [6.07, 6.45) is 0. The highest BCUT2D eigenvalue weighted by molar-refractivity contribution is 8.00. The van der Waals surface area contributed by atoms with Gasteiger partial charge in [-0.2, -0.15) is 0 Å². The van der Waals surface area contributed by atoms with Crippen molar-refractivity contribution in [1.82, 2.24) is 0 Å². The maximum absolute atomic E-state index is 12.4.